The number of carbonyl (C=O) groups excluding carboxylic acids is 4. The fourth-order valence-corrected chi connectivity index (χ4v) is 4.38. The van der Waals surface area contributed by atoms with E-state index in [2.05, 4.69) is 16.0 Å². The number of nitrogens with one attached hydrogen (secondary N) is 3. The summed E-state index contributed by atoms with van der Waals surface area (Å²) in [4.78, 5) is 52.1. The van der Waals surface area contributed by atoms with Gasteiger partial charge in [-0.2, -0.15) is 0 Å². The quantitative estimate of drug-likeness (QED) is 0.292. The van der Waals surface area contributed by atoms with Gasteiger partial charge in [-0.3, -0.25) is 19.2 Å². The van der Waals surface area contributed by atoms with E-state index in [0.29, 0.717) is 18.4 Å². The number of hydrogen-bond donors (Lipinski definition) is 3. The third-order valence-electron chi connectivity index (χ3n) is 6.74. The second-order valence-electron chi connectivity index (χ2n) is 10.3. The second-order valence-corrected chi connectivity index (χ2v) is 10.3. The lowest BCUT2D eigenvalue weighted by Crippen LogP contribution is -2.57. The Morgan fingerprint density at radius 2 is 1.25 bits per heavy atom. The number of hydrogen-bond acceptors (Lipinski definition) is 4. The molecule has 40 heavy (non-hydrogen) atoms. The monoisotopic (exact) mass is 541 g/mol. The molecule has 0 aliphatic rings. The first-order valence-corrected chi connectivity index (χ1v) is 13.8. The first-order valence-electron chi connectivity index (χ1n) is 13.8. The molecule has 0 heterocycles. The fourth-order valence-electron chi connectivity index (χ4n) is 4.38. The van der Waals surface area contributed by atoms with Gasteiger partial charge in [0.05, 0.1) is 6.04 Å². The van der Waals surface area contributed by atoms with Gasteiger partial charge in [-0.15, -0.1) is 0 Å². The molecule has 0 bridgehead atoms. The normalized spacial score (nSPS) is 13.1. The highest BCUT2D eigenvalue weighted by Gasteiger charge is 2.30. The van der Waals surface area contributed by atoms with E-state index >= 15 is 0 Å². The summed E-state index contributed by atoms with van der Waals surface area (Å²) in [6, 6.07) is 23.9. The molecule has 0 aliphatic heterocycles. The largest absolute Gasteiger partial charge is 0.345 e. The van der Waals surface area contributed by atoms with Crippen LogP contribution in [0.15, 0.2) is 84.9 Å². The van der Waals surface area contributed by atoms with Crippen LogP contribution in [0.5, 0.6) is 0 Å². The topological polar surface area (TPSA) is 104 Å². The van der Waals surface area contributed by atoms with Crippen LogP contribution < -0.4 is 16.0 Å². The molecule has 3 atom stereocenters. The van der Waals surface area contributed by atoms with Crippen molar-refractivity contribution in [3.05, 3.63) is 96.1 Å². The summed E-state index contributed by atoms with van der Waals surface area (Å²) in [6.45, 7) is 7.22. The predicted molar refractivity (Wildman–Crippen MR) is 158 cm³/mol. The number of benzene rings is 3. The van der Waals surface area contributed by atoms with Gasteiger partial charge in [-0.25, -0.2) is 0 Å². The molecule has 3 N–H and O–H groups in total. The molecule has 3 amide bonds. The molecule has 0 aromatic heterocycles. The Labute approximate surface area is 236 Å². The Morgan fingerprint density at radius 1 is 0.675 bits per heavy atom. The third-order valence-corrected chi connectivity index (χ3v) is 6.74. The van der Waals surface area contributed by atoms with Crippen molar-refractivity contribution in [1.82, 2.24) is 16.0 Å². The maximum atomic E-state index is 13.4. The van der Waals surface area contributed by atoms with Crippen molar-refractivity contribution in [2.45, 2.75) is 65.1 Å². The average Bonchev–Trinajstić information content (AvgIpc) is 2.96. The molecular formula is C33H39N3O4. The van der Waals surface area contributed by atoms with Crippen LogP contribution in [0.25, 0.3) is 11.1 Å². The molecule has 0 spiro atoms. The van der Waals surface area contributed by atoms with E-state index in [4.69, 9.17) is 0 Å². The Morgan fingerprint density at radius 3 is 1.82 bits per heavy atom. The van der Waals surface area contributed by atoms with Crippen LogP contribution in [0.1, 0.15) is 56.5 Å². The summed E-state index contributed by atoms with van der Waals surface area (Å²) in [5, 5.41) is 8.43. The Bertz CT molecular complexity index is 1270. The van der Waals surface area contributed by atoms with Gasteiger partial charge in [0.15, 0.2) is 5.78 Å². The minimum atomic E-state index is -0.921. The van der Waals surface area contributed by atoms with E-state index in [1.165, 1.54) is 0 Å². The maximum absolute atomic E-state index is 13.4. The highest BCUT2D eigenvalue weighted by Crippen LogP contribution is 2.19. The molecule has 0 aliphatic carbocycles. The summed E-state index contributed by atoms with van der Waals surface area (Å²) in [5.41, 5.74) is 3.32. The molecule has 0 saturated heterocycles. The molecule has 3 rings (SSSR count). The molecule has 0 radical (unpaired) electrons. The van der Waals surface area contributed by atoms with Gasteiger partial charge in [0, 0.05) is 18.4 Å². The molecule has 0 fully saturated rings. The minimum Gasteiger partial charge on any atom is -0.345 e. The molecule has 3 aromatic rings. The van der Waals surface area contributed by atoms with E-state index in [0.717, 1.165) is 16.7 Å². The standard InChI is InChI=1S/C33H39N3O4/c1-5-12-29(37)23(4)34-32(39)28(21-24-13-8-6-9-14-24)35-33(40)30(22(2)3)36-31(38)27-19-17-26(18-20-27)25-15-10-7-11-16-25/h6-11,13-20,22-23,28,30H,5,12,21H2,1-4H3,(H,34,39)(H,35,40)(H,36,38)/t23-,28-,30-/m0/s1. The van der Waals surface area contributed by atoms with E-state index in [1.54, 1.807) is 19.1 Å². The molecule has 210 valence electrons. The van der Waals surface area contributed by atoms with Crippen LogP contribution in [0.4, 0.5) is 0 Å². The summed E-state index contributed by atoms with van der Waals surface area (Å²) in [5.74, 6) is -1.59. The number of Topliss-reactive ketones (excluding diaryl/α,β-unsaturated/α-hetero) is 1. The van der Waals surface area contributed by atoms with Gasteiger partial charge in [0.25, 0.3) is 5.91 Å². The lowest BCUT2D eigenvalue weighted by atomic mass is 9.99. The number of ketones is 1. The smallest absolute Gasteiger partial charge is 0.251 e. The zero-order valence-corrected chi connectivity index (χ0v) is 23.6. The van der Waals surface area contributed by atoms with Crippen LogP contribution in [0.2, 0.25) is 0 Å². The fraction of sp³-hybridized carbons (Fsp3) is 0.333. The first-order chi connectivity index (χ1) is 19.2. The average molecular weight is 542 g/mol. The maximum Gasteiger partial charge on any atom is 0.251 e. The minimum absolute atomic E-state index is 0.0637. The van der Waals surface area contributed by atoms with Crippen LogP contribution in [-0.4, -0.2) is 41.6 Å². The lowest BCUT2D eigenvalue weighted by Gasteiger charge is -2.26. The van der Waals surface area contributed by atoms with Gasteiger partial charge in [0.1, 0.15) is 12.1 Å². The lowest BCUT2D eigenvalue weighted by molar-refractivity contribution is -0.132. The Balaban J connectivity index is 1.73. The van der Waals surface area contributed by atoms with Gasteiger partial charge >= 0.3 is 0 Å². The van der Waals surface area contributed by atoms with E-state index in [1.807, 2.05) is 93.6 Å². The van der Waals surface area contributed by atoms with Crippen molar-refractivity contribution in [2.24, 2.45) is 5.92 Å². The Hall–Kier alpha value is -4.26. The van der Waals surface area contributed by atoms with Crippen molar-refractivity contribution in [3.63, 3.8) is 0 Å². The van der Waals surface area contributed by atoms with Crippen molar-refractivity contribution in [3.8, 4) is 11.1 Å². The van der Waals surface area contributed by atoms with Crippen LogP contribution >= 0.6 is 0 Å². The first kappa shape index (κ1) is 30.3. The van der Waals surface area contributed by atoms with Gasteiger partial charge in [-0.05, 0) is 48.1 Å². The molecule has 7 nitrogen and oxygen atoms in total. The number of rotatable bonds is 13. The van der Waals surface area contributed by atoms with E-state index in [9.17, 15) is 19.2 Å². The van der Waals surface area contributed by atoms with Crippen molar-refractivity contribution >= 4 is 23.5 Å². The molecular weight excluding hydrogens is 502 g/mol. The van der Waals surface area contributed by atoms with Crippen LogP contribution in [0, 0.1) is 5.92 Å². The van der Waals surface area contributed by atoms with Gasteiger partial charge < -0.3 is 16.0 Å². The molecule has 3 aromatic carbocycles. The van der Waals surface area contributed by atoms with Crippen LogP contribution in [0.3, 0.4) is 0 Å². The SMILES string of the molecule is CCCC(=O)[C@H](C)NC(=O)[C@H](Cc1ccccc1)NC(=O)[C@@H](NC(=O)c1ccc(-c2ccccc2)cc1)C(C)C. The summed E-state index contributed by atoms with van der Waals surface area (Å²) >= 11 is 0. The van der Waals surface area contributed by atoms with Crippen molar-refractivity contribution in [2.75, 3.05) is 0 Å². The summed E-state index contributed by atoms with van der Waals surface area (Å²) in [7, 11) is 0. The third kappa shape index (κ3) is 8.63. The summed E-state index contributed by atoms with van der Waals surface area (Å²) < 4.78 is 0. The predicted octanol–water partition coefficient (Wildman–Crippen LogP) is 4.71. The molecule has 0 saturated carbocycles. The summed E-state index contributed by atoms with van der Waals surface area (Å²) in [6.07, 6.45) is 1.30. The zero-order valence-electron chi connectivity index (χ0n) is 23.6. The number of carbonyl (C=O) groups is 4. The van der Waals surface area contributed by atoms with E-state index < -0.39 is 29.9 Å². The van der Waals surface area contributed by atoms with Crippen LogP contribution in [-0.2, 0) is 20.8 Å². The van der Waals surface area contributed by atoms with Crippen molar-refractivity contribution in [1.29, 1.82) is 0 Å². The van der Waals surface area contributed by atoms with E-state index in [-0.39, 0.29) is 24.0 Å². The highest BCUT2D eigenvalue weighted by molar-refractivity contribution is 5.99. The van der Waals surface area contributed by atoms with Gasteiger partial charge in [-0.1, -0.05) is 93.6 Å². The van der Waals surface area contributed by atoms with Crippen molar-refractivity contribution < 1.29 is 19.2 Å². The highest BCUT2D eigenvalue weighted by atomic mass is 16.2. The Kier molecular flexibility index (Phi) is 11.2. The zero-order chi connectivity index (χ0) is 29.1. The number of amides is 3. The molecule has 0 unspecified atom stereocenters. The second kappa shape index (κ2) is 14.8. The van der Waals surface area contributed by atoms with Gasteiger partial charge in [0.2, 0.25) is 11.8 Å². The molecule has 7 heteroatoms.